The number of benzene rings is 1. The molecule has 2 N–H and O–H groups in total. The second-order valence-corrected chi connectivity index (χ2v) is 5.22. The molecule has 1 atom stereocenters. The van der Waals surface area contributed by atoms with Crippen LogP contribution < -0.4 is 10.6 Å². The normalized spacial score (nSPS) is 18.9. The number of nitrogens with one attached hydrogen (secondary N) is 2. The van der Waals surface area contributed by atoms with E-state index >= 15 is 0 Å². The summed E-state index contributed by atoms with van der Waals surface area (Å²) in [6, 6.07) is 8.60. The Morgan fingerprint density at radius 3 is 3.00 bits per heavy atom. The molecule has 0 aliphatic carbocycles. The van der Waals surface area contributed by atoms with Gasteiger partial charge in [-0.2, -0.15) is 4.98 Å². The minimum Gasteiger partial charge on any atom is -0.383 e. The zero-order valence-electron chi connectivity index (χ0n) is 11.7. The van der Waals surface area contributed by atoms with E-state index in [0.29, 0.717) is 17.8 Å². The van der Waals surface area contributed by atoms with Crippen LogP contribution in [0.25, 0.3) is 11.5 Å². The van der Waals surface area contributed by atoms with E-state index in [2.05, 4.69) is 26.8 Å². The molecule has 0 amide bonds. The molecular formula is C15H20N4O. The molecule has 0 spiro atoms. The maximum Gasteiger partial charge on any atom is 0.260 e. The van der Waals surface area contributed by atoms with Gasteiger partial charge in [0.1, 0.15) is 0 Å². The average molecular weight is 272 g/mol. The SMILES string of the molecule is Cc1noc(-c2ccccc2NCC2CCCCN2)n1. The number of nitrogens with zero attached hydrogens (tertiary/aromatic N) is 2. The van der Waals surface area contributed by atoms with Gasteiger partial charge in [0.2, 0.25) is 0 Å². The number of rotatable bonds is 4. The van der Waals surface area contributed by atoms with Gasteiger partial charge < -0.3 is 15.2 Å². The van der Waals surface area contributed by atoms with Crippen LogP contribution in [0.1, 0.15) is 25.1 Å². The van der Waals surface area contributed by atoms with Gasteiger partial charge in [-0.15, -0.1) is 0 Å². The Balaban J connectivity index is 1.72. The molecule has 0 bridgehead atoms. The van der Waals surface area contributed by atoms with Crippen LogP contribution in [0.3, 0.4) is 0 Å². The van der Waals surface area contributed by atoms with E-state index in [1.165, 1.54) is 19.3 Å². The van der Waals surface area contributed by atoms with Crippen molar-refractivity contribution in [3.8, 4) is 11.5 Å². The molecule has 1 unspecified atom stereocenters. The van der Waals surface area contributed by atoms with Crippen molar-refractivity contribution in [2.75, 3.05) is 18.4 Å². The van der Waals surface area contributed by atoms with Crippen LogP contribution in [0.2, 0.25) is 0 Å². The van der Waals surface area contributed by atoms with Crippen molar-refractivity contribution in [2.45, 2.75) is 32.2 Å². The first-order valence-corrected chi connectivity index (χ1v) is 7.20. The number of aromatic nitrogens is 2. The maximum atomic E-state index is 5.27. The molecule has 106 valence electrons. The van der Waals surface area contributed by atoms with Gasteiger partial charge in [-0.1, -0.05) is 23.7 Å². The first-order chi connectivity index (χ1) is 9.83. The molecule has 2 aromatic rings. The minimum absolute atomic E-state index is 0.543. The third-order valence-corrected chi connectivity index (χ3v) is 3.64. The van der Waals surface area contributed by atoms with E-state index in [-0.39, 0.29) is 0 Å². The molecule has 1 aromatic carbocycles. The fourth-order valence-corrected chi connectivity index (χ4v) is 2.56. The van der Waals surface area contributed by atoms with E-state index < -0.39 is 0 Å². The van der Waals surface area contributed by atoms with Gasteiger partial charge in [0.25, 0.3) is 5.89 Å². The molecular weight excluding hydrogens is 252 g/mol. The van der Waals surface area contributed by atoms with E-state index in [4.69, 9.17) is 4.52 Å². The topological polar surface area (TPSA) is 63.0 Å². The van der Waals surface area contributed by atoms with Crippen LogP contribution in [0.5, 0.6) is 0 Å². The monoisotopic (exact) mass is 272 g/mol. The quantitative estimate of drug-likeness (QED) is 0.895. The Kier molecular flexibility index (Phi) is 3.97. The number of hydrogen-bond acceptors (Lipinski definition) is 5. The van der Waals surface area contributed by atoms with Crippen LogP contribution in [0.4, 0.5) is 5.69 Å². The van der Waals surface area contributed by atoms with Crippen molar-refractivity contribution in [2.24, 2.45) is 0 Å². The number of para-hydroxylation sites is 1. The highest BCUT2D eigenvalue weighted by Crippen LogP contribution is 2.26. The molecule has 0 radical (unpaired) electrons. The average Bonchev–Trinajstić information content (AvgIpc) is 2.93. The molecule has 0 saturated carbocycles. The Labute approximate surface area is 118 Å². The molecule has 1 aromatic heterocycles. The standard InChI is InChI=1S/C15H20N4O/c1-11-18-15(20-19-11)13-7-2-3-8-14(13)17-10-12-6-4-5-9-16-12/h2-3,7-8,12,16-17H,4-6,9-10H2,1H3. The highest BCUT2D eigenvalue weighted by molar-refractivity contribution is 5.72. The Morgan fingerprint density at radius 1 is 1.35 bits per heavy atom. The fourth-order valence-electron chi connectivity index (χ4n) is 2.56. The molecule has 5 heteroatoms. The number of anilines is 1. The third-order valence-electron chi connectivity index (χ3n) is 3.64. The number of piperidine rings is 1. The lowest BCUT2D eigenvalue weighted by atomic mass is 10.0. The van der Waals surface area contributed by atoms with Crippen molar-refractivity contribution in [1.82, 2.24) is 15.5 Å². The summed E-state index contributed by atoms with van der Waals surface area (Å²) in [4.78, 5) is 4.30. The second kappa shape index (κ2) is 6.05. The van der Waals surface area contributed by atoms with Gasteiger partial charge in [0, 0.05) is 18.3 Å². The highest BCUT2D eigenvalue weighted by Gasteiger charge is 2.14. The highest BCUT2D eigenvalue weighted by atomic mass is 16.5. The smallest absolute Gasteiger partial charge is 0.260 e. The molecule has 2 heterocycles. The lowest BCUT2D eigenvalue weighted by Crippen LogP contribution is -2.39. The van der Waals surface area contributed by atoms with Crippen molar-refractivity contribution in [3.63, 3.8) is 0 Å². The van der Waals surface area contributed by atoms with E-state index in [1.807, 2.05) is 25.1 Å². The largest absolute Gasteiger partial charge is 0.383 e. The first-order valence-electron chi connectivity index (χ1n) is 7.20. The molecule has 1 aliphatic rings. The molecule has 1 fully saturated rings. The summed E-state index contributed by atoms with van der Waals surface area (Å²) in [5.41, 5.74) is 2.01. The third kappa shape index (κ3) is 2.99. The summed E-state index contributed by atoms with van der Waals surface area (Å²) in [7, 11) is 0. The Hall–Kier alpha value is -1.88. The fraction of sp³-hybridized carbons (Fsp3) is 0.467. The van der Waals surface area contributed by atoms with Crippen LogP contribution in [-0.4, -0.2) is 29.3 Å². The van der Waals surface area contributed by atoms with Gasteiger partial charge in [-0.25, -0.2) is 0 Å². The molecule has 3 rings (SSSR count). The van der Waals surface area contributed by atoms with Gasteiger partial charge >= 0.3 is 0 Å². The lowest BCUT2D eigenvalue weighted by Gasteiger charge is -2.24. The Morgan fingerprint density at radius 2 is 2.25 bits per heavy atom. The number of hydrogen-bond donors (Lipinski definition) is 2. The summed E-state index contributed by atoms with van der Waals surface area (Å²) < 4.78 is 5.27. The Bertz CT molecular complexity index is 561. The summed E-state index contributed by atoms with van der Waals surface area (Å²) in [5, 5.41) is 10.9. The van der Waals surface area contributed by atoms with Crippen LogP contribution in [-0.2, 0) is 0 Å². The molecule has 5 nitrogen and oxygen atoms in total. The van der Waals surface area contributed by atoms with E-state index in [1.54, 1.807) is 0 Å². The zero-order valence-corrected chi connectivity index (χ0v) is 11.7. The van der Waals surface area contributed by atoms with Gasteiger partial charge in [-0.3, -0.25) is 0 Å². The first kappa shape index (κ1) is 13.1. The van der Waals surface area contributed by atoms with Crippen molar-refractivity contribution < 1.29 is 4.52 Å². The summed E-state index contributed by atoms with van der Waals surface area (Å²) in [5.74, 6) is 1.23. The van der Waals surface area contributed by atoms with Crippen LogP contribution >= 0.6 is 0 Å². The van der Waals surface area contributed by atoms with Gasteiger partial charge in [0.05, 0.1) is 5.56 Å². The van der Waals surface area contributed by atoms with Gasteiger partial charge in [-0.05, 0) is 38.4 Å². The predicted octanol–water partition coefficient (Wildman–Crippen LogP) is 2.60. The van der Waals surface area contributed by atoms with E-state index in [9.17, 15) is 0 Å². The molecule has 1 aliphatic heterocycles. The molecule has 1 saturated heterocycles. The van der Waals surface area contributed by atoms with Crippen LogP contribution in [0.15, 0.2) is 28.8 Å². The summed E-state index contributed by atoms with van der Waals surface area (Å²) in [6.45, 7) is 3.87. The predicted molar refractivity (Wildman–Crippen MR) is 78.6 cm³/mol. The summed E-state index contributed by atoms with van der Waals surface area (Å²) >= 11 is 0. The van der Waals surface area contributed by atoms with E-state index in [0.717, 1.165) is 24.3 Å². The summed E-state index contributed by atoms with van der Waals surface area (Å²) in [6.07, 6.45) is 3.83. The van der Waals surface area contributed by atoms with Gasteiger partial charge in [0.15, 0.2) is 5.82 Å². The van der Waals surface area contributed by atoms with Crippen LogP contribution in [0, 0.1) is 6.92 Å². The second-order valence-electron chi connectivity index (χ2n) is 5.22. The van der Waals surface area contributed by atoms with Crippen molar-refractivity contribution in [3.05, 3.63) is 30.1 Å². The minimum atomic E-state index is 0.543. The molecule has 20 heavy (non-hydrogen) atoms. The zero-order chi connectivity index (χ0) is 13.8. The maximum absolute atomic E-state index is 5.27. The van der Waals surface area contributed by atoms with Crippen molar-refractivity contribution >= 4 is 5.69 Å². The van der Waals surface area contributed by atoms with Crippen molar-refractivity contribution in [1.29, 1.82) is 0 Å². The lowest BCUT2D eigenvalue weighted by molar-refractivity contribution is 0.414. The number of aryl methyl sites for hydroxylation is 1.